The summed E-state index contributed by atoms with van der Waals surface area (Å²) in [7, 11) is 0. The molecule has 1 N–H and O–H groups in total. The number of rotatable bonds is 3. The van der Waals surface area contributed by atoms with Crippen molar-refractivity contribution in [2.45, 2.75) is 44.7 Å². The monoisotopic (exact) mass is 336 g/mol. The summed E-state index contributed by atoms with van der Waals surface area (Å²) in [5, 5.41) is 3.46. The number of esters is 1. The summed E-state index contributed by atoms with van der Waals surface area (Å²) in [5.41, 5.74) is 1.51. The van der Waals surface area contributed by atoms with Gasteiger partial charge in [-0.2, -0.15) is 0 Å². The van der Waals surface area contributed by atoms with Crippen LogP contribution in [0, 0.1) is 6.92 Å². The highest BCUT2D eigenvalue weighted by Gasteiger charge is 2.40. The third-order valence-corrected chi connectivity index (χ3v) is 5.09. The van der Waals surface area contributed by atoms with E-state index < -0.39 is 6.04 Å². The lowest BCUT2D eigenvalue weighted by Gasteiger charge is -2.43. The number of carbonyl (C=O) groups excluding carboxylic acids is 2. The Morgan fingerprint density at radius 2 is 2.26 bits per heavy atom. The minimum Gasteiger partial charge on any atom is -0.463 e. The molecule has 23 heavy (non-hydrogen) atoms. The molecule has 1 aromatic carbocycles. The highest BCUT2D eigenvalue weighted by molar-refractivity contribution is 6.31. The van der Waals surface area contributed by atoms with Gasteiger partial charge in [0.05, 0.1) is 6.42 Å². The molecular formula is C17H21ClN2O3. The minimum absolute atomic E-state index is 0.112. The Morgan fingerprint density at radius 1 is 1.43 bits per heavy atom. The van der Waals surface area contributed by atoms with Gasteiger partial charge < -0.3 is 10.1 Å². The highest BCUT2D eigenvalue weighted by atomic mass is 35.5. The van der Waals surface area contributed by atoms with Gasteiger partial charge in [0, 0.05) is 16.8 Å². The first kappa shape index (κ1) is 16.3. The fourth-order valence-electron chi connectivity index (χ4n) is 3.34. The molecule has 6 heteroatoms. The number of benzene rings is 1. The lowest BCUT2D eigenvalue weighted by atomic mass is 9.97. The second-order valence-electron chi connectivity index (χ2n) is 6.20. The Balaban J connectivity index is 1.68. The fourth-order valence-corrected chi connectivity index (χ4v) is 3.52. The summed E-state index contributed by atoms with van der Waals surface area (Å²) in [6.07, 6.45) is 3.36. The molecule has 2 fully saturated rings. The van der Waals surface area contributed by atoms with Gasteiger partial charge in [0.25, 0.3) is 0 Å². The number of cyclic esters (lactones) is 1. The fraction of sp³-hybridized carbons (Fsp3) is 0.529. The van der Waals surface area contributed by atoms with Gasteiger partial charge in [0.15, 0.2) is 0 Å². The van der Waals surface area contributed by atoms with E-state index in [9.17, 15) is 9.59 Å². The number of morpholine rings is 1. The van der Waals surface area contributed by atoms with E-state index in [2.05, 4.69) is 10.2 Å². The van der Waals surface area contributed by atoms with Crippen molar-refractivity contribution in [3.63, 3.8) is 0 Å². The zero-order valence-corrected chi connectivity index (χ0v) is 13.9. The van der Waals surface area contributed by atoms with Crippen LogP contribution < -0.4 is 5.32 Å². The number of hydrogen-bond acceptors (Lipinski definition) is 4. The molecule has 1 aromatic rings. The van der Waals surface area contributed by atoms with Crippen molar-refractivity contribution in [1.82, 2.24) is 4.90 Å². The van der Waals surface area contributed by atoms with Gasteiger partial charge >= 0.3 is 5.97 Å². The highest BCUT2D eigenvalue weighted by Crippen LogP contribution is 2.27. The Morgan fingerprint density at radius 3 is 3.09 bits per heavy atom. The van der Waals surface area contributed by atoms with Gasteiger partial charge in [0.2, 0.25) is 5.91 Å². The van der Waals surface area contributed by atoms with Gasteiger partial charge in [-0.25, -0.2) is 0 Å². The number of hydrogen-bond donors (Lipinski definition) is 1. The zero-order valence-electron chi connectivity index (χ0n) is 13.2. The van der Waals surface area contributed by atoms with Crippen LogP contribution in [-0.4, -0.2) is 42.0 Å². The average Bonchev–Trinajstić information content (AvgIpc) is 2.54. The number of amides is 1. The molecule has 0 spiro atoms. The molecule has 2 aliphatic heterocycles. The smallest absolute Gasteiger partial charge is 0.323 e. The maximum absolute atomic E-state index is 12.4. The lowest BCUT2D eigenvalue weighted by molar-refractivity contribution is -0.165. The van der Waals surface area contributed by atoms with Crippen molar-refractivity contribution in [1.29, 1.82) is 0 Å². The van der Waals surface area contributed by atoms with Crippen molar-refractivity contribution in [2.75, 3.05) is 18.5 Å². The molecule has 124 valence electrons. The van der Waals surface area contributed by atoms with Crippen LogP contribution in [0.15, 0.2) is 18.2 Å². The van der Waals surface area contributed by atoms with Crippen LogP contribution in [0.3, 0.4) is 0 Å². The zero-order chi connectivity index (χ0) is 16.4. The minimum atomic E-state index is -0.478. The van der Waals surface area contributed by atoms with E-state index in [1.807, 2.05) is 13.0 Å². The first-order chi connectivity index (χ1) is 11.1. The quantitative estimate of drug-likeness (QED) is 0.862. The van der Waals surface area contributed by atoms with Crippen LogP contribution in [0.4, 0.5) is 5.69 Å². The molecular weight excluding hydrogens is 316 g/mol. The van der Waals surface area contributed by atoms with Gasteiger partial charge in [-0.1, -0.05) is 24.1 Å². The first-order valence-corrected chi connectivity index (χ1v) is 8.41. The molecule has 2 atom stereocenters. The summed E-state index contributed by atoms with van der Waals surface area (Å²) in [5.74, 6) is -0.482. The molecule has 2 saturated heterocycles. The standard InChI is InChI=1S/C17H21ClN2O3/c1-11-13(18)6-4-7-14(11)19-16(21)9-15-17(22)23-10-12-5-2-3-8-20(12)15/h4,6-7,12,15H,2-3,5,8-10H2,1H3,(H,19,21). The second kappa shape index (κ2) is 6.89. The number of anilines is 1. The van der Waals surface area contributed by atoms with Crippen LogP contribution in [0.1, 0.15) is 31.2 Å². The van der Waals surface area contributed by atoms with Crippen molar-refractivity contribution in [3.05, 3.63) is 28.8 Å². The number of ether oxygens (including phenoxy) is 1. The topological polar surface area (TPSA) is 58.6 Å². The summed E-state index contributed by atoms with van der Waals surface area (Å²) < 4.78 is 5.27. The third kappa shape index (κ3) is 3.51. The third-order valence-electron chi connectivity index (χ3n) is 4.68. The average molecular weight is 337 g/mol. The molecule has 3 rings (SSSR count). The molecule has 0 aliphatic carbocycles. The van der Waals surface area contributed by atoms with E-state index in [0.717, 1.165) is 31.4 Å². The van der Waals surface area contributed by atoms with Crippen LogP contribution in [-0.2, 0) is 14.3 Å². The molecule has 0 bridgehead atoms. The predicted molar refractivity (Wildman–Crippen MR) is 88.5 cm³/mol. The number of fused-ring (bicyclic) bond motifs is 1. The maximum Gasteiger partial charge on any atom is 0.323 e. The summed E-state index contributed by atoms with van der Waals surface area (Å²) in [6.45, 7) is 3.16. The maximum atomic E-state index is 12.4. The van der Waals surface area contributed by atoms with Gasteiger partial charge in [0.1, 0.15) is 12.6 Å². The molecule has 2 heterocycles. The van der Waals surface area contributed by atoms with Crippen molar-refractivity contribution in [3.8, 4) is 0 Å². The Labute approximate surface area is 140 Å². The Bertz CT molecular complexity index is 620. The molecule has 2 aliphatic rings. The van der Waals surface area contributed by atoms with E-state index in [1.54, 1.807) is 12.1 Å². The molecule has 0 radical (unpaired) electrons. The van der Waals surface area contributed by atoms with Gasteiger partial charge in [-0.05, 0) is 44.0 Å². The van der Waals surface area contributed by atoms with Crippen LogP contribution in [0.25, 0.3) is 0 Å². The van der Waals surface area contributed by atoms with Gasteiger partial charge in [-0.15, -0.1) is 0 Å². The van der Waals surface area contributed by atoms with Crippen LogP contribution >= 0.6 is 11.6 Å². The van der Waals surface area contributed by atoms with Crippen molar-refractivity contribution >= 4 is 29.2 Å². The first-order valence-electron chi connectivity index (χ1n) is 8.03. The van der Waals surface area contributed by atoms with E-state index in [1.165, 1.54) is 0 Å². The van der Waals surface area contributed by atoms with E-state index in [4.69, 9.17) is 16.3 Å². The SMILES string of the molecule is Cc1c(Cl)cccc1NC(=O)CC1C(=O)OCC2CCCCN21. The van der Waals surface area contributed by atoms with Crippen LogP contribution in [0.5, 0.6) is 0 Å². The van der Waals surface area contributed by atoms with Crippen molar-refractivity contribution in [2.24, 2.45) is 0 Å². The summed E-state index contributed by atoms with van der Waals surface area (Å²) in [4.78, 5) is 26.6. The summed E-state index contributed by atoms with van der Waals surface area (Å²) in [6, 6.07) is 5.16. The lowest BCUT2D eigenvalue weighted by Crippen LogP contribution is -2.57. The molecule has 0 aromatic heterocycles. The van der Waals surface area contributed by atoms with Crippen molar-refractivity contribution < 1.29 is 14.3 Å². The largest absolute Gasteiger partial charge is 0.463 e. The van der Waals surface area contributed by atoms with E-state index in [-0.39, 0.29) is 24.3 Å². The van der Waals surface area contributed by atoms with Gasteiger partial charge in [-0.3, -0.25) is 14.5 Å². The number of carbonyl (C=O) groups is 2. The molecule has 0 saturated carbocycles. The van der Waals surface area contributed by atoms with Crippen LogP contribution in [0.2, 0.25) is 5.02 Å². The second-order valence-corrected chi connectivity index (χ2v) is 6.61. The molecule has 1 amide bonds. The predicted octanol–water partition coefficient (Wildman–Crippen LogP) is 2.76. The summed E-state index contributed by atoms with van der Waals surface area (Å²) >= 11 is 6.07. The molecule has 5 nitrogen and oxygen atoms in total. The number of halogens is 1. The number of nitrogens with zero attached hydrogens (tertiary/aromatic N) is 1. The van der Waals surface area contributed by atoms with E-state index in [0.29, 0.717) is 17.3 Å². The van der Waals surface area contributed by atoms with E-state index >= 15 is 0 Å². The Hall–Kier alpha value is -1.59. The normalized spacial score (nSPS) is 24.7. The number of nitrogens with one attached hydrogen (secondary N) is 1. The molecule has 2 unspecified atom stereocenters. The Kier molecular flexibility index (Phi) is 4.87. The number of piperidine rings is 1.